The Morgan fingerprint density at radius 2 is 1.95 bits per heavy atom. The molecule has 20 heavy (non-hydrogen) atoms. The Balaban J connectivity index is 2.55. The maximum atomic E-state index is 12.0. The smallest absolute Gasteiger partial charge is 0.292 e. The minimum atomic E-state index is -0.870. The van der Waals surface area contributed by atoms with Gasteiger partial charge in [-0.3, -0.25) is 4.79 Å². The van der Waals surface area contributed by atoms with Crippen LogP contribution < -0.4 is 0 Å². The molecule has 0 unspecified atom stereocenters. The number of amides is 1. The third-order valence-corrected chi connectivity index (χ3v) is 3.12. The van der Waals surface area contributed by atoms with Gasteiger partial charge in [0.1, 0.15) is 5.69 Å². The van der Waals surface area contributed by atoms with Gasteiger partial charge in [0.15, 0.2) is 0 Å². The summed E-state index contributed by atoms with van der Waals surface area (Å²) in [6, 6.07) is 6.95. The summed E-state index contributed by atoms with van der Waals surface area (Å²) in [4.78, 5) is 13.4. The van der Waals surface area contributed by atoms with Crippen LogP contribution in [0.15, 0.2) is 28.8 Å². The summed E-state index contributed by atoms with van der Waals surface area (Å²) in [7, 11) is 3.22. The summed E-state index contributed by atoms with van der Waals surface area (Å²) in [6.45, 7) is 1.57. The van der Waals surface area contributed by atoms with Crippen LogP contribution in [0, 0.1) is 0 Å². The molecule has 5 nitrogen and oxygen atoms in total. The molecular weight excluding hydrogens is 280 g/mol. The topological polar surface area (TPSA) is 66.6 Å². The first-order valence-electron chi connectivity index (χ1n) is 6.07. The van der Waals surface area contributed by atoms with E-state index in [4.69, 9.17) is 16.1 Å². The van der Waals surface area contributed by atoms with Gasteiger partial charge in [-0.05, 0) is 19.1 Å². The van der Waals surface area contributed by atoms with Gasteiger partial charge in [-0.15, -0.1) is 0 Å². The number of carbonyl (C=O) groups is 1. The zero-order valence-corrected chi connectivity index (χ0v) is 12.2. The van der Waals surface area contributed by atoms with Crippen LogP contribution in [0.5, 0.6) is 0 Å². The molecule has 0 aliphatic carbocycles. The van der Waals surface area contributed by atoms with Gasteiger partial charge >= 0.3 is 0 Å². The first kappa shape index (κ1) is 14.6. The van der Waals surface area contributed by atoms with E-state index in [-0.39, 0.29) is 11.7 Å². The van der Waals surface area contributed by atoms with Crippen LogP contribution >= 0.6 is 11.6 Å². The van der Waals surface area contributed by atoms with Gasteiger partial charge in [0.05, 0.1) is 11.7 Å². The van der Waals surface area contributed by atoms with E-state index >= 15 is 0 Å². The van der Waals surface area contributed by atoms with Crippen LogP contribution in [0.25, 0.3) is 11.3 Å². The van der Waals surface area contributed by atoms with Crippen molar-refractivity contribution in [2.75, 3.05) is 14.1 Å². The summed E-state index contributed by atoms with van der Waals surface area (Å²) in [5.74, 6) is -0.288. The molecule has 0 bridgehead atoms. The van der Waals surface area contributed by atoms with Crippen molar-refractivity contribution < 1.29 is 14.4 Å². The van der Waals surface area contributed by atoms with E-state index in [9.17, 15) is 9.90 Å². The Bertz CT molecular complexity index is 618. The normalized spacial score (nSPS) is 12.2. The quantitative estimate of drug-likeness (QED) is 0.945. The minimum Gasteiger partial charge on any atom is -0.388 e. The van der Waals surface area contributed by atoms with Crippen LogP contribution in [0.1, 0.15) is 29.1 Å². The summed E-state index contributed by atoms with van der Waals surface area (Å²) < 4.78 is 5.13. The van der Waals surface area contributed by atoms with Crippen molar-refractivity contribution in [2.45, 2.75) is 13.0 Å². The van der Waals surface area contributed by atoms with Crippen LogP contribution in [-0.2, 0) is 0 Å². The predicted octanol–water partition coefficient (Wildman–Crippen LogP) is 2.75. The van der Waals surface area contributed by atoms with Crippen molar-refractivity contribution in [3.05, 3.63) is 40.6 Å². The predicted molar refractivity (Wildman–Crippen MR) is 75.6 cm³/mol. The average molecular weight is 295 g/mol. The summed E-state index contributed by atoms with van der Waals surface area (Å²) in [6.07, 6.45) is -0.870. The van der Waals surface area contributed by atoms with E-state index in [0.717, 1.165) is 5.56 Å². The van der Waals surface area contributed by atoms with Crippen LogP contribution in [0.4, 0.5) is 0 Å². The van der Waals surface area contributed by atoms with Crippen molar-refractivity contribution in [1.82, 2.24) is 10.1 Å². The van der Waals surface area contributed by atoms with E-state index in [2.05, 4.69) is 5.16 Å². The van der Waals surface area contributed by atoms with Crippen molar-refractivity contribution in [2.24, 2.45) is 0 Å². The summed E-state index contributed by atoms with van der Waals surface area (Å²) in [5.41, 5.74) is 1.56. The fourth-order valence-corrected chi connectivity index (χ4v) is 1.98. The standard InChI is InChI=1S/C14H15ClN2O3/c1-8(18)11-12(9-4-6-10(15)7-5-9)16-20-13(11)14(19)17(2)3/h4-8,18H,1-3H3/t8-/m0/s1. The molecule has 1 amide bonds. The number of aliphatic hydroxyl groups excluding tert-OH is 1. The molecule has 0 fully saturated rings. The number of nitrogens with zero attached hydrogens (tertiary/aromatic N) is 2. The van der Waals surface area contributed by atoms with Gasteiger partial charge in [-0.25, -0.2) is 0 Å². The Kier molecular flexibility index (Phi) is 4.11. The Labute approximate surface area is 121 Å². The van der Waals surface area contributed by atoms with Crippen molar-refractivity contribution >= 4 is 17.5 Å². The van der Waals surface area contributed by atoms with Gasteiger partial charge < -0.3 is 14.5 Å². The number of aromatic nitrogens is 1. The molecule has 1 heterocycles. The van der Waals surface area contributed by atoms with Crippen molar-refractivity contribution in [1.29, 1.82) is 0 Å². The maximum absolute atomic E-state index is 12.0. The zero-order valence-electron chi connectivity index (χ0n) is 11.4. The highest BCUT2D eigenvalue weighted by Crippen LogP contribution is 2.31. The Morgan fingerprint density at radius 3 is 2.45 bits per heavy atom. The molecule has 1 aromatic heterocycles. The van der Waals surface area contributed by atoms with Crippen molar-refractivity contribution in [3.63, 3.8) is 0 Å². The second-order valence-electron chi connectivity index (χ2n) is 4.66. The number of halogens is 1. The number of benzene rings is 1. The third kappa shape index (κ3) is 2.69. The largest absolute Gasteiger partial charge is 0.388 e. The molecule has 0 aliphatic heterocycles. The van der Waals surface area contributed by atoms with Gasteiger partial charge in [0.25, 0.3) is 5.91 Å². The van der Waals surface area contributed by atoms with Gasteiger partial charge in [-0.1, -0.05) is 28.9 Å². The first-order valence-corrected chi connectivity index (χ1v) is 6.45. The van der Waals surface area contributed by atoms with E-state index in [0.29, 0.717) is 16.3 Å². The van der Waals surface area contributed by atoms with E-state index in [1.807, 2.05) is 0 Å². The van der Waals surface area contributed by atoms with Gasteiger partial charge in [-0.2, -0.15) is 0 Å². The fourth-order valence-electron chi connectivity index (χ4n) is 1.86. The molecule has 1 aromatic carbocycles. The van der Waals surface area contributed by atoms with Crippen molar-refractivity contribution in [3.8, 4) is 11.3 Å². The molecule has 0 spiro atoms. The second-order valence-corrected chi connectivity index (χ2v) is 5.09. The summed E-state index contributed by atoms with van der Waals surface area (Å²) in [5, 5.41) is 14.4. The fraction of sp³-hybridized carbons (Fsp3) is 0.286. The van der Waals surface area contributed by atoms with E-state index in [1.54, 1.807) is 45.3 Å². The molecule has 2 aromatic rings. The highest BCUT2D eigenvalue weighted by Gasteiger charge is 2.27. The molecule has 1 atom stereocenters. The van der Waals surface area contributed by atoms with E-state index in [1.165, 1.54) is 4.90 Å². The molecule has 106 valence electrons. The molecule has 0 aliphatic rings. The van der Waals surface area contributed by atoms with Gasteiger partial charge in [0, 0.05) is 24.7 Å². The highest BCUT2D eigenvalue weighted by molar-refractivity contribution is 6.30. The molecule has 0 saturated carbocycles. The van der Waals surface area contributed by atoms with Crippen LogP contribution in [-0.4, -0.2) is 35.2 Å². The minimum absolute atomic E-state index is 0.0509. The lowest BCUT2D eigenvalue weighted by Crippen LogP contribution is -2.22. The lowest BCUT2D eigenvalue weighted by atomic mass is 10.0. The van der Waals surface area contributed by atoms with E-state index < -0.39 is 6.10 Å². The zero-order chi connectivity index (χ0) is 14.9. The molecule has 6 heteroatoms. The highest BCUT2D eigenvalue weighted by atomic mass is 35.5. The SMILES string of the molecule is C[C@H](O)c1c(-c2ccc(Cl)cc2)noc1C(=O)N(C)C. The number of hydrogen-bond donors (Lipinski definition) is 1. The number of rotatable bonds is 3. The van der Waals surface area contributed by atoms with Gasteiger partial charge in [0.2, 0.25) is 5.76 Å². The molecule has 2 rings (SSSR count). The van der Waals surface area contributed by atoms with Crippen LogP contribution in [0.2, 0.25) is 5.02 Å². The molecule has 0 saturated heterocycles. The molecular formula is C14H15ClN2O3. The summed E-state index contributed by atoms with van der Waals surface area (Å²) >= 11 is 5.84. The van der Waals surface area contributed by atoms with Crippen LogP contribution in [0.3, 0.4) is 0 Å². The first-order chi connectivity index (χ1) is 9.41. The number of aliphatic hydroxyl groups is 1. The monoisotopic (exact) mass is 294 g/mol. The second kappa shape index (κ2) is 5.64. The molecule has 1 N–H and O–H groups in total. The lowest BCUT2D eigenvalue weighted by molar-refractivity contribution is 0.0778. The Morgan fingerprint density at radius 1 is 1.35 bits per heavy atom. The maximum Gasteiger partial charge on any atom is 0.292 e. The third-order valence-electron chi connectivity index (χ3n) is 2.86. The number of carbonyl (C=O) groups excluding carboxylic acids is 1. The average Bonchev–Trinajstić information content (AvgIpc) is 2.83. The molecule has 0 radical (unpaired) electrons. The Hall–Kier alpha value is -1.85. The lowest BCUT2D eigenvalue weighted by Gasteiger charge is -2.10. The number of hydrogen-bond acceptors (Lipinski definition) is 4.